The van der Waals surface area contributed by atoms with Gasteiger partial charge in [0.15, 0.2) is 0 Å². The fraction of sp³-hybridized carbons (Fsp3) is 0.333. The zero-order valence-electron chi connectivity index (χ0n) is 6.07. The van der Waals surface area contributed by atoms with E-state index in [4.69, 9.17) is 5.73 Å². The Kier molecular flexibility index (Phi) is 1.71. The van der Waals surface area contributed by atoms with E-state index in [0.717, 1.165) is 5.69 Å². The van der Waals surface area contributed by atoms with Crippen molar-refractivity contribution in [3.63, 3.8) is 0 Å². The van der Waals surface area contributed by atoms with Crippen LogP contribution < -0.4 is 5.73 Å². The van der Waals surface area contributed by atoms with Gasteiger partial charge in [-0.3, -0.25) is 4.99 Å². The van der Waals surface area contributed by atoms with Crippen LogP contribution in [0.3, 0.4) is 0 Å². The Labute approximate surface area is 59.4 Å². The van der Waals surface area contributed by atoms with Gasteiger partial charge in [-0.25, -0.2) is 4.98 Å². The lowest BCUT2D eigenvalue weighted by atomic mass is 10.4. The van der Waals surface area contributed by atoms with E-state index in [2.05, 4.69) is 9.98 Å². The van der Waals surface area contributed by atoms with Crippen LogP contribution in [0.2, 0.25) is 0 Å². The molecular weight excluding hydrogens is 128 g/mol. The summed E-state index contributed by atoms with van der Waals surface area (Å²) in [6, 6.07) is 0. The molecule has 0 spiro atoms. The number of hydrogen-bond donors (Lipinski definition) is 1. The lowest BCUT2D eigenvalue weighted by Gasteiger charge is -1.89. The van der Waals surface area contributed by atoms with Crippen molar-refractivity contribution in [2.24, 2.45) is 17.8 Å². The summed E-state index contributed by atoms with van der Waals surface area (Å²) in [7, 11) is 3.53. The van der Waals surface area contributed by atoms with E-state index in [1.54, 1.807) is 13.4 Å². The molecule has 0 fully saturated rings. The summed E-state index contributed by atoms with van der Waals surface area (Å²) in [5.41, 5.74) is 6.21. The Morgan fingerprint density at radius 3 is 2.90 bits per heavy atom. The number of aliphatic imine (C=N–C) groups is 1. The first-order valence-electron chi connectivity index (χ1n) is 2.94. The number of hydrogen-bond acceptors (Lipinski definition) is 2. The highest BCUT2D eigenvalue weighted by atomic mass is 15.0. The van der Waals surface area contributed by atoms with Crippen LogP contribution in [0, 0.1) is 0 Å². The van der Waals surface area contributed by atoms with Crippen molar-refractivity contribution in [1.29, 1.82) is 0 Å². The second-order valence-electron chi connectivity index (χ2n) is 2.03. The van der Waals surface area contributed by atoms with E-state index in [1.165, 1.54) is 0 Å². The minimum atomic E-state index is 0.473. The fourth-order valence-electron chi connectivity index (χ4n) is 0.660. The van der Waals surface area contributed by atoms with Gasteiger partial charge in [-0.2, -0.15) is 0 Å². The molecule has 54 valence electrons. The van der Waals surface area contributed by atoms with Crippen molar-refractivity contribution < 1.29 is 0 Å². The molecule has 10 heavy (non-hydrogen) atoms. The summed E-state index contributed by atoms with van der Waals surface area (Å²) in [4.78, 5) is 7.78. The van der Waals surface area contributed by atoms with Crippen molar-refractivity contribution >= 4 is 5.84 Å². The summed E-state index contributed by atoms with van der Waals surface area (Å²) in [5, 5.41) is 0. The van der Waals surface area contributed by atoms with Gasteiger partial charge in [0.2, 0.25) is 0 Å². The second-order valence-corrected chi connectivity index (χ2v) is 2.03. The molecular formula is C6H10N4. The maximum Gasteiger partial charge on any atom is 0.145 e. The third-order valence-electron chi connectivity index (χ3n) is 1.21. The molecule has 0 bridgehead atoms. The highest BCUT2D eigenvalue weighted by molar-refractivity contribution is 5.95. The third-order valence-corrected chi connectivity index (χ3v) is 1.21. The Hall–Kier alpha value is -1.32. The number of amidine groups is 1. The number of aryl methyl sites for hydroxylation is 1. The second kappa shape index (κ2) is 2.51. The van der Waals surface area contributed by atoms with Crippen LogP contribution in [0.4, 0.5) is 0 Å². The predicted octanol–water partition coefficient (Wildman–Crippen LogP) is -0.245. The molecule has 0 saturated heterocycles. The van der Waals surface area contributed by atoms with Gasteiger partial charge >= 0.3 is 0 Å². The summed E-state index contributed by atoms with van der Waals surface area (Å²) in [6.07, 6.45) is 3.51. The minimum Gasteiger partial charge on any atom is -0.382 e. The van der Waals surface area contributed by atoms with E-state index < -0.39 is 0 Å². The number of nitrogens with zero attached hydrogens (tertiary/aromatic N) is 3. The van der Waals surface area contributed by atoms with Crippen LogP contribution in [0.15, 0.2) is 17.5 Å². The van der Waals surface area contributed by atoms with Gasteiger partial charge in [-0.05, 0) is 0 Å². The Morgan fingerprint density at radius 1 is 1.80 bits per heavy atom. The standard InChI is InChI=1S/C6H10N4/c1-8-6(7)5-3-10(2)4-9-5/h3-4H,1-2H3,(H2,7,8). The summed E-state index contributed by atoms with van der Waals surface area (Å²) in [6.45, 7) is 0. The van der Waals surface area contributed by atoms with Crippen molar-refractivity contribution in [2.45, 2.75) is 0 Å². The molecule has 0 saturated carbocycles. The Balaban J connectivity index is 2.95. The lowest BCUT2D eigenvalue weighted by Crippen LogP contribution is -2.13. The van der Waals surface area contributed by atoms with E-state index in [-0.39, 0.29) is 0 Å². The molecule has 4 nitrogen and oxygen atoms in total. The third kappa shape index (κ3) is 1.15. The molecule has 4 heteroatoms. The SMILES string of the molecule is CN=C(N)c1cn(C)cn1. The molecule has 1 aromatic heterocycles. The predicted molar refractivity (Wildman–Crippen MR) is 39.9 cm³/mol. The largest absolute Gasteiger partial charge is 0.382 e. The number of imidazole rings is 1. The first kappa shape index (κ1) is 6.80. The van der Waals surface area contributed by atoms with Crippen molar-refractivity contribution in [3.05, 3.63) is 18.2 Å². The minimum absolute atomic E-state index is 0.473. The highest BCUT2D eigenvalue weighted by Gasteiger charge is 1.98. The number of aromatic nitrogens is 2. The lowest BCUT2D eigenvalue weighted by molar-refractivity contribution is 0.913. The van der Waals surface area contributed by atoms with Crippen molar-refractivity contribution in [3.8, 4) is 0 Å². The molecule has 0 aliphatic rings. The molecule has 1 rings (SSSR count). The zero-order chi connectivity index (χ0) is 7.56. The number of nitrogens with two attached hydrogens (primary N) is 1. The van der Waals surface area contributed by atoms with Crippen LogP contribution in [0.1, 0.15) is 5.69 Å². The maximum atomic E-state index is 5.48. The van der Waals surface area contributed by atoms with Gasteiger partial charge in [-0.1, -0.05) is 0 Å². The van der Waals surface area contributed by atoms with Crippen LogP contribution in [0.25, 0.3) is 0 Å². The summed E-state index contributed by atoms with van der Waals surface area (Å²) < 4.78 is 1.83. The first-order valence-corrected chi connectivity index (χ1v) is 2.94. The highest BCUT2D eigenvalue weighted by Crippen LogP contribution is 1.91. The molecule has 0 amide bonds. The zero-order valence-corrected chi connectivity index (χ0v) is 6.07. The monoisotopic (exact) mass is 138 g/mol. The van der Waals surface area contributed by atoms with Crippen LogP contribution in [0.5, 0.6) is 0 Å². The van der Waals surface area contributed by atoms with Gasteiger partial charge in [0, 0.05) is 20.3 Å². The van der Waals surface area contributed by atoms with Gasteiger partial charge in [0.05, 0.1) is 6.33 Å². The van der Waals surface area contributed by atoms with Crippen LogP contribution >= 0.6 is 0 Å². The average molecular weight is 138 g/mol. The van der Waals surface area contributed by atoms with Gasteiger partial charge in [-0.15, -0.1) is 0 Å². The van der Waals surface area contributed by atoms with Crippen LogP contribution in [-0.4, -0.2) is 22.4 Å². The van der Waals surface area contributed by atoms with Crippen molar-refractivity contribution in [1.82, 2.24) is 9.55 Å². The van der Waals surface area contributed by atoms with E-state index in [9.17, 15) is 0 Å². The average Bonchev–Trinajstić information content (AvgIpc) is 2.34. The molecule has 0 aromatic carbocycles. The number of rotatable bonds is 1. The van der Waals surface area contributed by atoms with Crippen molar-refractivity contribution in [2.75, 3.05) is 7.05 Å². The first-order chi connectivity index (χ1) is 4.74. The molecule has 0 aliphatic heterocycles. The smallest absolute Gasteiger partial charge is 0.145 e. The molecule has 0 atom stereocenters. The van der Waals surface area contributed by atoms with Gasteiger partial charge < -0.3 is 10.3 Å². The summed E-state index contributed by atoms with van der Waals surface area (Å²) >= 11 is 0. The quantitative estimate of drug-likeness (QED) is 0.430. The maximum absolute atomic E-state index is 5.48. The molecule has 1 aromatic rings. The normalized spacial score (nSPS) is 12.0. The van der Waals surface area contributed by atoms with E-state index >= 15 is 0 Å². The fourth-order valence-corrected chi connectivity index (χ4v) is 0.660. The molecule has 0 unspecified atom stereocenters. The molecule has 0 radical (unpaired) electrons. The van der Waals surface area contributed by atoms with Crippen LogP contribution in [-0.2, 0) is 7.05 Å². The molecule has 1 heterocycles. The van der Waals surface area contributed by atoms with E-state index in [1.807, 2.05) is 17.8 Å². The van der Waals surface area contributed by atoms with E-state index in [0.29, 0.717) is 5.84 Å². The topological polar surface area (TPSA) is 56.2 Å². The summed E-state index contributed by atoms with van der Waals surface area (Å²) in [5.74, 6) is 0.473. The molecule has 0 aliphatic carbocycles. The molecule has 2 N–H and O–H groups in total. The Morgan fingerprint density at radius 2 is 2.50 bits per heavy atom. The van der Waals surface area contributed by atoms with Gasteiger partial charge in [0.1, 0.15) is 11.5 Å². The Bertz CT molecular complexity index is 248. The van der Waals surface area contributed by atoms with Gasteiger partial charge in [0.25, 0.3) is 0 Å².